The quantitative estimate of drug-likeness (QED) is 0.781. The summed E-state index contributed by atoms with van der Waals surface area (Å²) in [7, 11) is 0. The van der Waals surface area contributed by atoms with Crippen LogP contribution in [0.2, 0.25) is 0 Å². The van der Waals surface area contributed by atoms with Crippen LogP contribution < -0.4 is 0 Å². The summed E-state index contributed by atoms with van der Waals surface area (Å²) >= 11 is 0.985. The molecular weight excluding hydrogens is 234 g/mol. The van der Waals surface area contributed by atoms with Crippen molar-refractivity contribution in [3.8, 4) is 0 Å². The molecule has 1 fully saturated rings. The molecule has 1 N–H and O–H groups in total. The Labute approximate surface area is 96.9 Å². The van der Waals surface area contributed by atoms with Gasteiger partial charge in [0.15, 0.2) is 0 Å². The first-order valence-electron chi connectivity index (χ1n) is 4.69. The standard InChI is InChI=1S/C9H13NO5S/c1-9(2,7(12)13)16-5-6(11)10-3-4-15-8(10)14/h3-5H2,1-2H3,(H,12,13). The largest absolute Gasteiger partial charge is 0.480 e. The summed E-state index contributed by atoms with van der Waals surface area (Å²) in [5.74, 6) is -1.45. The normalized spacial score (nSPS) is 16.1. The number of carbonyl (C=O) groups is 3. The number of rotatable bonds is 4. The van der Waals surface area contributed by atoms with Crippen molar-refractivity contribution in [2.45, 2.75) is 18.6 Å². The van der Waals surface area contributed by atoms with E-state index >= 15 is 0 Å². The first-order valence-corrected chi connectivity index (χ1v) is 5.67. The van der Waals surface area contributed by atoms with E-state index in [0.29, 0.717) is 0 Å². The first kappa shape index (κ1) is 12.8. The number of ether oxygens (including phenoxy) is 1. The van der Waals surface area contributed by atoms with Gasteiger partial charge in [-0.25, -0.2) is 9.69 Å². The second-order valence-electron chi connectivity index (χ2n) is 3.76. The number of amides is 2. The summed E-state index contributed by atoms with van der Waals surface area (Å²) < 4.78 is 3.56. The lowest BCUT2D eigenvalue weighted by molar-refractivity contribution is -0.138. The molecule has 16 heavy (non-hydrogen) atoms. The number of thioether (sulfide) groups is 1. The maximum Gasteiger partial charge on any atom is 0.416 e. The topological polar surface area (TPSA) is 83.9 Å². The molecule has 1 rings (SSSR count). The van der Waals surface area contributed by atoms with Gasteiger partial charge < -0.3 is 9.84 Å². The smallest absolute Gasteiger partial charge is 0.416 e. The predicted octanol–water partition coefficient (Wildman–Crippen LogP) is 0.562. The minimum Gasteiger partial charge on any atom is -0.480 e. The third-order valence-electron chi connectivity index (χ3n) is 2.13. The van der Waals surface area contributed by atoms with E-state index in [2.05, 4.69) is 4.74 Å². The first-order chi connectivity index (χ1) is 7.34. The van der Waals surface area contributed by atoms with Crippen molar-refractivity contribution in [3.63, 3.8) is 0 Å². The summed E-state index contributed by atoms with van der Waals surface area (Å²) in [5, 5.41) is 8.83. The molecule has 0 aliphatic carbocycles. The van der Waals surface area contributed by atoms with Crippen molar-refractivity contribution < 1.29 is 24.2 Å². The fraction of sp³-hybridized carbons (Fsp3) is 0.667. The van der Waals surface area contributed by atoms with Crippen molar-refractivity contribution in [2.75, 3.05) is 18.9 Å². The monoisotopic (exact) mass is 247 g/mol. The third-order valence-corrected chi connectivity index (χ3v) is 3.42. The fourth-order valence-electron chi connectivity index (χ4n) is 1.00. The van der Waals surface area contributed by atoms with Gasteiger partial charge in [0.25, 0.3) is 0 Å². The van der Waals surface area contributed by atoms with Gasteiger partial charge in [-0.05, 0) is 13.8 Å². The van der Waals surface area contributed by atoms with E-state index in [9.17, 15) is 14.4 Å². The molecule has 1 heterocycles. The molecule has 90 valence electrons. The Kier molecular flexibility index (Phi) is 3.79. The van der Waals surface area contributed by atoms with Crippen LogP contribution in [0, 0.1) is 0 Å². The Balaban J connectivity index is 2.47. The summed E-state index contributed by atoms with van der Waals surface area (Å²) in [6, 6.07) is 0. The van der Waals surface area contributed by atoms with E-state index < -0.39 is 22.7 Å². The number of carboxylic acids is 1. The Morgan fingerprint density at radius 1 is 1.56 bits per heavy atom. The second kappa shape index (κ2) is 4.73. The van der Waals surface area contributed by atoms with Crippen LogP contribution >= 0.6 is 11.8 Å². The van der Waals surface area contributed by atoms with Gasteiger partial charge in [0, 0.05) is 0 Å². The van der Waals surface area contributed by atoms with E-state index in [4.69, 9.17) is 5.11 Å². The molecule has 0 aromatic heterocycles. The van der Waals surface area contributed by atoms with Crippen LogP contribution in [0.1, 0.15) is 13.8 Å². The maximum atomic E-state index is 11.5. The van der Waals surface area contributed by atoms with Crippen molar-refractivity contribution in [1.29, 1.82) is 0 Å². The molecule has 1 aliphatic rings. The molecule has 0 unspecified atom stereocenters. The van der Waals surface area contributed by atoms with Crippen LogP contribution in [-0.4, -0.2) is 51.6 Å². The Hall–Kier alpha value is -1.24. The summed E-state index contributed by atoms with van der Waals surface area (Å²) in [6.07, 6.45) is -0.654. The highest BCUT2D eigenvalue weighted by molar-refractivity contribution is 8.01. The molecule has 0 radical (unpaired) electrons. The Morgan fingerprint density at radius 2 is 2.19 bits per heavy atom. The van der Waals surface area contributed by atoms with Gasteiger partial charge in [-0.2, -0.15) is 0 Å². The van der Waals surface area contributed by atoms with Gasteiger partial charge in [0.1, 0.15) is 11.4 Å². The number of nitrogens with zero attached hydrogens (tertiary/aromatic N) is 1. The lowest BCUT2D eigenvalue weighted by Gasteiger charge is -2.19. The number of hydrogen-bond donors (Lipinski definition) is 1. The number of cyclic esters (lactones) is 1. The van der Waals surface area contributed by atoms with Crippen LogP contribution in [0.5, 0.6) is 0 Å². The molecule has 6 nitrogen and oxygen atoms in total. The van der Waals surface area contributed by atoms with Crippen molar-refractivity contribution >= 4 is 29.7 Å². The Bertz CT molecular complexity index is 328. The molecule has 0 spiro atoms. The highest BCUT2D eigenvalue weighted by Gasteiger charge is 2.32. The number of carboxylic acid groups (broad SMARTS) is 1. The van der Waals surface area contributed by atoms with E-state index in [1.165, 1.54) is 13.8 Å². The molecule has 0 aromatic carbocycles. The zero-order chi connectivity index (χ0) is 12.3. The average molecular weight is 247 g/mol. The van der Waals surface area contributed by atoms with Crippen LogP contribution in [-0.2, 0) is 14.3 Å². The zero-order valence-electron chi connectivity index (χ0n) is 9.06. The van der Waals surface area contributed by atoms with E-state index in [1.54, 1.807) is 0 Å². The van der Waals surface area contributed by atoms with E-state index in [0.717, 1.165) is 16.7 Å². The second-order valence-corrected chi connectivity index (χ2v) is 5.36. The predicted molar refractivity (Wildman–Crippen MR) is 57.2 cm³/mol. The minimum atomic E-state index is -1.04. The van der Waals surface area contributed by atoms with E-state index in [1.807, 2.05) is 0 Å². The summed E-state index contributed by atoms with van der Waals surface area (Å²) in [5.41, 5.74) is 0. The summed E-state index contributed by atoms with van der Waals surface area (Å²) in [4.78, 5) is 34.3. The highest BCUT2D eigenvalue weighted by atomic mass is 32.2. The number of imide groups is 1. The Morgan fingerprint density at radius 3 is 2.62 bits per heavy atom. The molecule has 0 bridgehead atoms. The van der Waals surface area contributed by atoms with Gasteiger partial charge >= 0.3 is 12.1 Å². The molecule has 0 atom stereocenters. The number of hydrogen-bond acceptors (Lipinski definition) is 5. The summed E-state index contributed by atoms with van der Waals surface area (Å²) in [6.45, 7) is 3.47. The van der Waals surface area contributed by atoms with Crippen LogP contribution in [0.3, 0.4) is 0 Å². The number of carbonyl (C=O) groups excluding carboxylic acids is 2. The molecule has 2 amide bonds. The third kappa shape index (κ3) is 2.88. The van der Waals surface area contributed by atoms with Crippen molar-refractivity contribution in [3.05, 3.63) is 0 Å². The minimum absolute atomic E-state index is 0.0472. The van der Waals surface area contributed by atoms with Gasteiger partial charge in [-0.1, -0.05) is 0 Å². The average Bonchev–Trinajstić information content (AvgIpc) is 2.61. The molecule has 0 saturated carbocycles. The van der Waals surface area contributed by atoms with Crippen LogP contribution in [0.25, 0.3) is 0 Å². The SMILES string of the molecule is CC(C)(SCC(=O)N1CCOC1=O)C(=O)O. The lowest BCUT2D eigenvalue weighted by atomic mass is 10.2. The van der Waals surface area contributed by atoms with E-state index in [-0.39, 0.29) is 18.9 Å². The highest BCUT2D eigenvalue weighted by Crippen LogP contribution is 2.25. The van der Waals surface area contributed by atoms with Crippen LogP contribution in [0.4, 0.5) is 4.79 Å². The fourth-order valence-corrected chi connectivity index (χ4v) is 1.77. The van der Waals surface area contributed by atoms with Gasteiger partial charge in [0.05, 0.1) is 12.3 Å². The lowest BCUT2D eigenvalue weighted by Crippen LogP contribution is -2.36. The molecule has 1 aliphatic heterocycles. The van der Waals surface area contributed by atoms with Gasteiger partial charge in [0.2, 0.25) is 5.91 Å². The maximum absolute atomic E-state index is 11.5. The van der Waals surface area contributed by atoms with Crippen molar-refractivity contribution in [2.24, 2.45) is 0 Å². The van der Waals surface area contributed by atoms with Gasteiger partial charge in [-0.15, -0.1) is 11.8 Å². The van der Waals surface area contributed by atoms with Crippen molar-refractivity contribution in [1.82, 2.24) is 4.90 Å². The molecule has 0 aromatic rings. The number of aliphatic carboxylic acids is 1. The zero-order valence-corrected chi connectivity index (χ0v) is 9.87. The van der Waals surface area contributed by atoms with Crippen LogP contribution in [0.15, 0.2) is 0 Å². The molecular formula is C9H13NO5S. The van der Waals surface area contributed by atoms with Gasteiger partial charge in [-0.3, -0.25) is 9.59 Å². The molecule has 1 saturated heterocycles. The molecule has 7 heteroatoms.